The highest BCUT2D eigenvalue weighted by atomic mass is 16.2. The Hall–Kier alpha value is -3.28. The fourth-order valence-electron chi connectivity index (χ4n) is 2.97. The molecule has 3 aromatic rings. The number of hydrogen-bond acceptors (Lipinski definition) is 4. The van der Waals surface area contributed by atoms with Crippen molar-refractivity contribution in [3.05, 3.63) is 82.4 Å². The van der Waals surface area contributed by atoms with Gasteiger partial charge in [-0.15, -0.1) is 0 Å². The molecule has 2 heterocycles. The van der Waals surface area contributed by atoms with Gasteiger partial charge in [-0.05, 0) is 36.2 Å². The molecule has 0 aliphatic heterocycles. The molecule has 0 aliphatic carbocycles. The lowest BCUT2D eigenvalue weighted by molar-refractivity contribution is 0.0720. The number of benzene rings is 1. The van der Waals surface area contributed by atoms with E-state index >= 15 is 0 Å². The molecule has 0 spiro atoms. The van der Waals surface area contributed by atoms with Crippen LogP contribution in [0.3, 0.4) is 0 Å². The normalized spacial score (nSPS) is 10.9. The van der Waals surface area contributed by atoms with Crippen LogP contribution in [0, 0.1) is 5.92 Å². The molecule has 144 valence electrons. The van der Waals surface area contributed by atoms with Crippen molar-refractivity contribution in [3.63, 3.8) is 0 Å². The van der Waals surface area contributed by atoms with Gasteiger partial charge in [0.15, 0.2) is 0 Å². The molecule has 0 saturated carbocycles. The Labute approximate surface area is 164 Å². The van der Waals surface area contributed by atoms with Crippen molar-refractivity contribution >= 4 is 5.91 Å². The third-order valence-electron chi connectivity index (χ3n) is 4.34. The van der Waals surface area contributed by atoms with Crippen molar-refractivity contribution in [2.24, 2.45) is 13.0 Å². The number of aromatic nitrogens is 3. The maximum absolute atomic E-state index is 13.1. The van der Waals surface area contributed by atoms with Crippen LogP contribution in [-0.4, -0.2) is 32.1 Å². The van der Waals surface area contributed by atoms with Crippen molar-refractivity contribution in [1.82, 2.24) is 19.7 Å². The van der Waals surface area contributed by atoms with E-state index in [9.17, 15) is 9.59 Å². The SMILES string of the molecule is CC(C)CN(Cc1ccccn1)C(=O)c1ccc(-c2ccc(=O)n(C)n2)cc1. The molecular weight excluding hydrogens is 352 g/mol. The van der Waals surface area contributed by atoms with E-state index in [-0.39, 0.29) is 11.5 Å². The van der Waals surface area contributed by atoms with Gasteiger partial charge in [0.05, 0.1) is 17.9 Å². The number of rotatable bonds is 6. The van der Waals surface area contributed by atoms with Gasteiger partial charge in [0, 0.05) is 37.0 Å². The van der Waals surface area contributed by atoms with Crippen LogP contribution in [0.25, 0.3) is 11.3 Å². The van der Waals surface area contributed by atoms with Crippen LogP contribution in [0.4, 0.5) is 0 Å². The van der Waals surface area contributed by atoms with Crippen LogP contribution in [0.5, 0.6) is 0 Å². The molecule has 1 aromatic carbocycles. The molecule has 0 unspecified atom stereocenters. The van der Waals surface area contributed by atoms with E-state index in [0.717, 1.165) is 11.3 Å². The number of pyridine rings is 1. The average molecular weight is 376 g/mol. The predicted molar refractivity (Wildman–Crippen MR) is 109 cm³/mol. The number of carbonyl (C=O) groups is 1. The van der Waals surface area contributed by atoms with Gasteiger partial charge in [0.25, 0.3) is 11.5 Å². The fourth-order valence-corrected chi connectivity index (χ4v) is 2.97. The summed E-state index contributed by atoms with van der Waals surface area (Å²) in [6, 6.07) is 16.2. The summed E-state index contributed by atoms with van der Waals surface area (Å²) < 4.78 is 1.30. The summed E-state index contributed by atoms with van der Waals surface area (Å²) in [6.07, 6.45) is 1.74. The third kappa shape index (κ3) is 4.71. The molecule has 28 heavy (non-hydrogen) atoms. The Morgan fingerprint density at radius 2 is 1.82 bits per heavy atom. The van der Waals surface area contributed by atoms with Crippen molar-refractivity contribution in [1.29, 1.82) is 0 Å². The minimum atomic E-state index is -0.158. The van der Waals surface area contributed by atoms with Gasteiger partial charge in [-0.1, -0.05) is 32.0 Å². The summed E-state index contributed by atoms with van der Waals surface area (Å²) in [7, 11) is 1.62. The van der Waals surface area contributed by atoms with Gasteiger partial charge in [-0.3, -0.25) is 14.6 Å². The van der Waals surface area contributed by atoms with E-state index in [1.165, 1.54) is 10.7 Å². The first kappa shape index (κ1) is 19.5. The highest BCUT2D eigenvalue weighted by molar-refractivity contribution is 5.94. The lowest BCUT2D eigenvalue weighted by Crippen LogP contribution is -2.34. The molecule has 0 bridgehead atoms. The lowest BCUT2D eigenvalue weighted by atomic mass is 10.1. The molecule has 6 heteroatoms. The number of hydrogen-bond donors (Lipinski definition) is 0. The Bertz CT molecular complexity index is 995. The number of amides is 1. The van der Waals surface area contributed by atoms with E-state index in [2.05, 4.69) is 23.9 Å². The number of aryl methyl sites for hydroxylation is 1. The molecular formula is C22H24N4O2. The summed E-state index contributed by atoms with van der Waals surface area (Å²) in [5, 5.41) is 4.25. The topological polar surface area (TPSA) is 68.1 Å². The van der Waals surface area contributed by atoms with Crippen molar-refractivity contribution in [3.8, 4) is 11.3 Å². The summed E-state index contributed by atoms with van der Waals surface area (Å²) >= 11 is 0. The van der Waals surface area contributed by atoms with Gasteiger partial charge in [0.2, 0.25) is 0 Å². The second-order valence-electron chi connectivity index (χ2n) is 7.16. The third-order valence-corrected chi connectivity index (χ3v) is 4.34. The summed E-state index contributed by atoms with van der Waals surface area (Å²) in [5.74, 6) is 0.320. The van der Waals surface area contributed by atoms with Gasteiger partial charge in [-0.25, -0.2) is 4.68 Å². The zero-order chi connectivity index (χ0) is 20.1. The minimum Gasteiger partial charge on any atom is -0.332 e. The van der Waals surface area contributed by atoms with Crippen LogP contribution in [0.1, 0.15) is 29.9 Å². The minimum absolute atomic E-state index is 0.0284. The molecule has 0 aliphatic rings. The quantitative estimate of drug-likeness (QED) is 0.663. The Morgan fingerprint density at radius 1 is 1.07 bits per heavy atom. The van der Waals surface area contributed by atoms with Gasteiger partial charge < -0.3 is 4.90 Å². The predicted octanol–water partition coefficient (Wildman–Crippen LogP) is 3.14. The van der Waals surface area contributed by atoms with E-state index in [1.807, 2.05) is 35.2 Å². The largest absolute Gasteiger partial charge is 0.332 e. The molecule has 0 atom stereocenters. The lowest BCUT2D eigenvalue weighted by Gasteiger charge is -2.24. The highest BCUT2D eigenvalue weighted by Crippen LogP contribution is 2.18. The maximum Gasteiger partial charge on any atom is 0.266 e. The first-order chi connectivity index (χ1) is 13.4. The van der Waals surface area contributed by atoms with Crippen molar-refractivity contribution in [2.75, 3.05) is 6.54 Å². The molecule has 6 nitrogen and oxygen atoms in total. The fraction of sp³-hybridized carbons (Fsp3) is 0.273. The molecule has 2 aromatic heterocycles. The highest BCUT2D eigenvalue weighted by Gasteiger charge is 2.18. The summed E-state index contributed by atoms with van der Waals surface area (Å²) in [6.45, 7) is 5.31. The number of carbonyl (C=O) groups excluding carboxylic acids is 1. The standard InChI is InChI=1S/C22H24N4O2/c1-16(2)14-26(15-19-6-4-5-13-23-19)22(28)18-9-7-17(8-10-18)20-11-12-21(27)25(3)24-20/h4-13,16H,14-15H2,1-3H3. The molecule has 3 rings (SSSR count). The molecule has 0 fully saturated rings. The Morgan fingerprint density at radius 3 is 2.43 bits per heavy atom. The van der Waals surface area contributed by atoms with E-state index < -0.39 is 0 Å². The molecule has 0 saturated heterocycles. The smallest absolute Gasteiger partial charge is 0.266 e. The first-order valence-electron chi connectivity index (χ1n) is 9.28. The van der Waals surface area contributed by atoms with Crippen LogP contribution >= 0.6 is 0 Å². The zero-order valence-electron chi connectivity index (χ0n) is 16.4. The van der Waals surface area contributed by atoms with E-state index in [0.29, 0.717) is 30.3 Å². The molecule has 1 amide bonds. The van der Waals surface area contributed by atoms with E-state index in [1.54, 1.807) is 31.4 Å². The second-order valence-corrected chi connectivity index (χ2v) is 7.16. The van der Waals surface area contributed by atoms with Crippen molar-refractivity contribution < 1.29 is 4.79 Å². The summed E-state index contributed by atoms with van der Waals surface area (Å²) in [4.78, 5) is 30.7. The first-order valence-corrected chi connectivity index (χ1v) is 9.28. The maximum atomic E-state index is 13.1. The van der Waals surface area contributed by atoms with Crippen LogP contribution in [0.15, 0.2) is 65.6 Å². The van der Waals surface area contributed by atoms with E-state index in [4.69, 9.17) is 0 Å². The zero-order valence-corrected chi connectivity index (χ0v) is 16.4. The Balaban J connectivity index is 1.82. The van der Waals surface area contributed by atoms with Crippen LogP contribution in [0.2, 0.25) is 0 Å². The van der Waals surface area contributed by atoms with Gasteiger partial charge in [-0.2, -0.15) is 5.10 Å². The molecule has 0 N–H and O–H groups in total. The van der Waals surface area contributed by atoms with Gasteiger partial charge >= 0.3 is 0 Å². The van der Waals surface area contributed by atoms with Crippen LogP contribution in [-0.2, 0) is 13.6 Å². The Kier molecular flexibility index (Phi) is 5.99. The second kappa shape index (κ2) is 8.61. The van der Waals surface area contributed by atoms with Crippen molar-refractivity contribution in [2.45, 2.75) is 20.4 Å². The van der Waals surface area contributed by atoms with Gasteiger partial charge in [0.1, 0.15) is 0 Å². The average Bonchev–Trinajstić information content (AvgIpc) is 2.69. The van der Waals surface area contributed by atoms with Crippen LogP contribution < -0.4 is 5.56 Å². The number of nitrogens with zero attached hydrogens (tertiary/aromatic N) is 4. The summed E-state index contributed by atoms with van der Waals surface area (Å²) in [5.41, 5.74) is 2.86. The monoisotopic (exact) mass is 376 g/mol. The molecule has 0 radical (unpaired) electrons.